The Morgan fingerprint density at radius 3 is 2.69 bits per heavy atom. The van der Waals surface area contributed by atoms with Crippen molar-refractivity contribution in [2.24, 2.45) is 5.73 Å². The molecule has 0 saturated heterocycles. The molecule has 13 heavy (non-hydrogen) atoms. The van der Waals surface area contributed by atoms with E-state index in [1.807, 2.05) is 6.08 Å². The van der Waals surface area contributed by atoms with Gasteiger partial charge in [-0.3, -0.25) is 0 Å². The molecule has 0 aromatic rings. The van der Waals surface area contributed by atoms with Crippen molar-refractivity contribution in [3.8, 4) is 0 Å². The van der Waals surface area contributed by atoms with Crippen LogP contribution in [0, 0.1) is 0 Å². The Hall–Kier alpha value is -0.570. The third-order valence-electron chi connectivity index (χ3n) is 1.97. The molecule has 0 bridgehead atoms. The van der Waals surface area contributed by atoms with Crippen LogP contribution in [0.5, 0.6) is 0 Å². The van der Waals surface area contributed by atoms with E-state index in [0.29, 0.717) is 12.6 Å². The zero-order valence-corrected chi connectivity index (χ0v) is 8.65. The van der Waals surface area contributed by atoms with E-state index in [2.05, 4.69) is 19.2 Å². The van der Waals surface area contributed by atoms with Gasteiger partial charge in [0.25, 0.3) is 0 Å². The van der Waals surface area contributed by atoms with Crippen molar-refractivity contribution in [3.63, 3.8) is 0 Å². The van der Waals surface area contributed by atoms with Crippen LogP contribution >= 0.6 is 0 Å². The maximum atomic E-state index is 11.9. The van der Waals surface area contributed by atoms with Gasteiger partial charge in [0.2, 0.25) is 0 Å². The maximum Gasteiger partial charge on any atom is 0.102 e. The van der Waals surface area contributed by atoms with Crippen molar-refractivity contribution in [2.45, 2.75) is 39.2 Å². The summed E-state index contributed by atoms with van der Waals surface area (Å²) in [5.74, 6) is 0. The largest absolute Gasteiger partial charge is 0.402 e. The van der Waals surface area contributed by atoms with Gasteiger partial charge in [-0.15, -0.1) is 0 Å². The molecule has 0 heterocycles. The van der Waals surface area contributed by atoms with Gasteiger partial charge in [0.1, 0.15) is 6.67 Å². The summed E-state index contributed by atoms with van der Waals surface area (Å²) >= 11 is 0. The topological polar surface area (TPSA) is 38.0 Å². The minimum absolute atomic E-state index is 0.312. The first-order valence-electron chi connectivity index (χ1n) is 4.98. The molecule has 1 unspecified atom stereocenters. The third-order valence-corrected chi connectivity index (χ3v) is 1.97. The van der Waals surface area contributed by atoms with Gasteiger partial charge in [-0.25, -0.2) is 4.39 Å². The zero-order valence-electron chi connectivity index (χ0n) is 8.65. The Labute approximate surface area is 80.4 Å². The summed E-state index contributed by atoms with van der Waals surface area (Å²) in [7, 11) is 0. The molecular weight excluding hydrogens is 167 g/mol. The lowest BCUT2D eigenvalue weighted by Gasteiger charge is -2.15. The Morgan fingerprint density at radius 1 is 1.54 bits per heavy atom. The Morgan fingerprint density at radius 2 is 2.23 bits per heavy atom. The van der Waals surface area contributed by atoms with Crippen molar-refractivity contribution >= 4 is 0 Å². The van der Waals surface area contributed by atoms with E-state index < -0.39 is 0 Å². The zero-order chi connectivity index (χ0) is 10.1. The molecule has 0 aliphatic heterocycles. The van der Waals surface area contributed by atoms with Crippen LogP contribution in [0.25, 0.3) is 0 Å². The van der Waals surface area contributed by atoms with Gasteiger partial charge in [-0.2, -0.15) is 0 Å². The molecule has 1 atom stereocenters. The van der Waals surface area contributed by atoms with Gasteiger partial charge in [-0.05, 0) is 12.8 Å². The molecule has 0 saturated carbocycles. The number of alkyl halides is 1. The molecule has 0 rings (SSSR count). The van der Waals surface area contributed by atoms with Gasteiger partial charge in [0.15, 0.2) is 0 Å². The summed E-state index contributed by atoms with van der Waals surface area (Å²) in [6, 6.07) is 0.318. The molecular formula is C10H21FN2. The van der Waals surface area contributed by atoms with Crippen LogP contribution < -0.4 is 11.1 Å². The summed E-state index contributed by atoms with van der Waals surface area (Å²) < 4.78 is 11.9. The molecule has 0 aromatic heterocycles. The predicted molar refractivity (Wildman–Crippen MR) is 55.2 cm³/mol. The molecule has 3 N–H and O–H groups in total. The lowest BCUT2D eigenvalue weighted by atomic mass is 10.1. The highest BCUT2D eigenvalue weighted by Crippen LogP contribution is 2.03. The SMILES string of the molecule is CC/C=C(/N)CC(CC)NCCF. The van der Waals surface area contributed by atoms with Crippen molar-refractivity contribution in [1.29, 1.82) is 0 Å². The van der Waals surface area contributed by atoms with E-state index in [0.717, 1.165) is 25.0 Å². The fourth-order valence-electron chi connectivity index (χ4n) is 1.25. The number of nitrogens with two attached hydrogens (primary N) is 1. The fraction of sp³-hybridized carbons (Fsp3) is 0.800. The first-order chi connectivity index (χ1) is 6.24. The average Bonchev–Trinajstić information content (AvgIpc) is 2.12. The van der Waals surface area contributed by atoms with Crippen LogP contribution in [0.1, 0.15) is 33.1 Å². The van der Waals surface area contributed by atoms with Gasteiger partial charge < -0.3 is 11.1 Å². The number of halogens is 1. The average molecular weight is 188 g/mol. The van der Waals surface area contributed by atoms with E-state index in [4.69, 9.17) is 5.73 Å². The molecule has 0 fully saturated rings. The lowest BCUT2D eigenvalue weighted by Crippen LogP contribution is -2.31. The van der Waals surface area contributed by atoms with E-state index in [9.17, 15) is 4.39 Å². The third kappa shape index (κ3) is 6.58. The molecule has 0 aromatic carbocycles. The van der Waals surface area contributed by atoms with Crippen LogP contribution in [0.4, 0.5) is 4.39 Å². The van der Waals surface area contributed by atoms with Crippen LogP contribution in [-0.2, 0) is 0 Å². The normalized spacial score (nSPS) is 14.5. The lowest BCUT2D eigenvalue weighted by molar-refractivity contribution is 0.420. The van der Waals surface area contributed by atoms with Crippen LogP contribution in [-0.4, -0.2) is 19.3 Å². The first kappa shape index (κ1) is 12.4. The molecule has 78 valence electrons. The summed E-state index contributed by atoms with van der Waals surface area (Å²) in [5, 5.41) is 3.11. The number of nitrogens with one attached hydrogen (secondary N) is 1. The highest BCUT2D eigenvalue weighted by molar-refractivity contribution is 4.98. The maximum absolute atomic E-state index is 11.9. The molecule has 0 aliphatic rings. The van der Waals surface area contributed by atoms with Crippen LogP contribution in [0.15, 0.2) is 11.8 Å². The summed E-state index contributed by atoms with van der Waals surface area (Å²) in [5.41, 5.74) is 6.66. The Balaban J connectivity index is 3.75. The molecule has 0 amide bonds. The number of hydrogen-bond acceptors (Lipinski definition) is 2. The van der Waals surface area contributed by atoms with Gasteiger partial charge in [0, 0.05) is 24.7 Å². The second-order valence-corrected chi connectivity index (χ2v) is 3.14. The highest BCUT2D eigenvalue weighted by atomic mass is 19.1. The van der Waals surface area contributed by atoms with E-state index in [1.54, 1.807) is 0 Å². The Kier molecular flexibility index (Phi) is 7.69. The van der Waals surface area contributed by atoms with Crippen molar-refractivity contribution in [3.05, 3.63) is 11.8 Å². The van der Waals surface area contributed by atoms with Gasteiger partial charge >= 0.3 is 0 Å². The van der Waals surface area contributed by atoms with Crippen molar-refractivity contribution < 1.29 is 4.39 Å². The predicted octanol–water partition coefficient (Wildman–Crippen LogP) is 1.97. The minimum Gasteiger partial charge on any atom is -0.402 e. The second-order valence-electron chi connectivity index (χ2n) is 3.14. The monoisotopic (exact) mass is 188 g/mol. The number of rotatable bonds is 7. The van der Waals surface area contributed by atoms with Crippen molar-refractivity contribution in [1.82, 2.24) is 5.32 Å². The molecule has 0 spiro atoms. The summed E-state index contributed by atoms with van der Waals surface area (Å²) in [4.78, 5) is 0. The van der Waals surface area contributed by atoms with Crippen LogP contribution in [0.3, 0.4) is 0 Å². The van der Waals surface area contributed by atoms with Gasteiger partial charge in [-0.1, -0.05) is 19.9 Å². The summed E-state index contributed by atoms with van der Waals surface area (Å²) in [6.45, 7) is 4.25. The van der Waals surface area contributed by atoms with E-state index >= 15 is 0 Å². The molecule has 3 heteroatoms. The quantitative estimate of drug-likeness (QED) is 0.641. The fourth-order valence-corrected chi connectivity index (χ4v) is 1.25. The minimum atomic E-state index is -0.312. The van der Waals surface area contributed by atoms with Crippen LogP contribution in [0.2, 0.25) is 0 Å². The molecule has 0 aliphatic carbocycles. The first-order valence-corrected chi connectivity index (χ1v) is 4.98. The molecule has 2 nitrogen and oxygen atoms in total. The summed E-state index contributed by atoms with van der Waals surface area (Å²) in [6.07, 6.45) is 4.79. The number of hydrogen-bond donors (Lipinski definition) is 2. The smallest absolute Gasteiger partial charge is 0.102 e. The Bertz CT molecular complexity index is 146. The van der Waals surface area contributed by atoms with Crippen molar-refractivity contribution in [2.75, 3.05) is 13.2 Å². The van der Waals surface area contributed by atoms with E-state index in [1.165, 1.54) is 0 Å². The van der Waals surface area contributed by atoms with Gasteiger partial charge in [0.05, 0.1) is 0 Å². The second kappa shape index (κ2) is 8.05. The number of allylic oxidation sites excluding steroid dienone is 1. The molecule has 0 radical (unpaired) electrons. The van der Waals surface area contributed by atoms with E-state index in [-0.39, 0.29) is 6.67 Å². The highest BCUT2D eigenvalue weighted by Gasteiger charge is 2.05. The standard InChI is InChI=1S/C10H21FN2/c1-3-5-9(12)8-10(4-2)13-7-6-11/h5,10,13H,3-4,6-8,12H2,1-2H3/b9-5+.